The van der Waals surface area contributed by atoms with Gasteiger partial charge < -0.3 is 10.0 Å². The maximum absolute atomic E-state index is 13.7. The summed E-state index contributed by atoms with van der Waals surface area (Å²) in [6, 6.07) is 6.12. The average molecular weight is 486 g/mol. The molecule has 6 heteroatoms. The normalized spacial score (nSPS) is 28.6. The van der Waals surface area contributed by atoms with Crippen molar-refractivity contribution in [2.45, 2.75) is 83.6 Å². The van der Waals surface area contributed by atoms with Crippen LogP contribution >= 0.6 is 0 Å². The number of rotatable bonds is 8. The molecule has 1 N–H and O–H groups in total. The maximum Gasteiger partial charge on any atom is 0.335 e. The molecule has 4 rings (SSSR count). The van der Waals surface area contributed by atoms with Gasteiger partial charge in [-0.2, -0.15) is 0 Å². The number of likely N-dealkylation sites (tertiary alicyclic amines) is 1. The standard InChI is InChI=1S/C29H40FNO4/c1-19(18-30)21-11-13-23(14-12-21)28(33)31-16-15-25(22-5-3-2-4-6-22)27(31)26(32)17-20-7-9-24(10-8-20)29(34)35/h7-10,19,21-23,25,27H,2-6,11-18H2,1H3,(H,34,35)/t19-,21?,23?,25+,27+/m1/s1. The van der Waals surface area contributed by atoms with E-state index in [0.29, 0.717) is 18.4 Å². The number of ketones is 1. The first kappa shape index (κ1) is 25.8. The maximum atomic E-state index is 13.7. The highest BCUT2D eigenvalue weighted by molar-refractivity contribution is 5.92. The van der Waals surface area contributed by atoms with Crippen LogP contribution in [0.2, 0.25) is 0 Å². The Kier molecular flexibility index (Phi) is 8.61. The summed E-state index contributed by atoms with van der Waals surface area (Å²) in [4.78, 5) is 40.5. The summed E-state index contributed by atoms with van der Waals surface area (Å²) >= 11 is 0. The molecule has 0 spiro atoms. The molecule has 0 bridgehead atoms. The van der Waals surface area contributed by atoms with Crippen molar-refractivity contribution in [2.24, 2.45) is 29.6 Å². The number of carbonyl (C=O) groups is 3. The number of halogens is 1. The van der Waals surface area contributed by atoms with Crippen LogP contribution in [-0.2, 0) is 16.0 Å². The summed E-state index contributed by atoms with van der Waals surface area (Å²) in [6.07, 6.45) is 10.4. The Labute approximate surface area is 208 Å². The Bertz CT molecular complexity index is 886. The Morgan fingerprint density at radius 3 is 2.23 bits per heavy atom. The molecular weight excluding hydrogens is 445 g/mol. The quantitative estimate of drug-likeness (QED) is 0.512. The lowest BCUT2D eigenvalue weighted by molar-refractivity contribution is -0.143. The van der Waals surface area contributed by atoms with Crippen LogP contribution in [0.3, 0.4) is 0 Å². The lowest BCUT2D eigenvalue weighted by Gasteiger charge is -2.37. The van der Waals surface area contributed by atoms with Gasteiger partial charge in [0.25, 0.3) is 0 Å². The molecule has 2 aliphatic carbocycles. The van der Waals surface area contributed by atoms with Crippen molar-refractivity contribution in [3.8, 4) is 0 Å². The number of carbonyl (C=O) groups excluding carboxylic acids is 2. The molecular formula is C29H40FNO4. The van der Waals surface area contributed by atoms with E-state index in [2.05, 4.69) is 0 Å². The zero-order valence-corrected chi connectivity index (χ0v) is 21.0. The summed E-state index contributed by atoms with van der Waals surface area (Å²) < 4.78 is 13.1. The van der Waals surface area contributed by atoms with Crippen molar-refractivity contribution < 1.29 is 23.9 Å². The van der Waals surface area contributed by atoms with Gasteiger partial charge in [-0.1, -0.05) is 51.2 Å². The van der Waals surface area contributed by atoms with Crippen LogP contribution in [-0.4, -0.2) is 46.9 Å². The van der Waals surface area contributed by atoms with E-state index in [1.165, 1.54) is 31.4 Å². The number of alkyl halides is 1. The van der Waals surface area contributed by atoms with Gasteiger partial charge in [0.05, 0.1) is 18.3 Å². The third-order valence-corrected chi connectivity index (χ3v) is 9.06. The second-order valence-electron chi connectivity index (χ2n) is 11.2. The van der Waals surface area contributed by atoms with Crippen molar-refractivity contribution in [1.82, 2.24) is 4.90 Å². The minimum absolute atomic E-state index is 0.0513. The van der Waals surface area contributed by atoms with E-state index in [1.54, 1.807) is 12.1 Å². The summed E-state index contributed by atoms with van der Waals surface area (Å²) in [5.41, 5.74) is 0.999. The van der Waals surface area contributed by atoms with E-state index >= 15 is 0 Å². The number of aromatic carboxylic acids is 1. The number of hydrogen-bond donors (Lipinski definition) is 1. The van der Waals surface area contributed by atoms with E-state index < -0.39 is 5.97 Å². The summed E-state index contributed by atoms with van der Waals surface area (Å²) in [5.74, 6) is 0.262. The van der Waals surface area contributed by atoms with Crippen LogP contribution in [0.5, 0.6) is 0 Å². The Balaban J connectivity index is 1.48. The molecule has 0 aromatic heterocycles. The minimum Gasteiger partial charge on any atom is -0.478 e. The molecule has 0 radical (unpaired) electrons. The van der Waals surface area contributed by atoms with Crippen LogP contribution in [0.4, 0.5) is 4.39 Å². The van der Waals surface area contributed by atoms with Crippen LogP contribution in [0.25, 0.3) is 0 Å². The fourth-order valence-electron chi connectivity index (χ4n) is 6.90. The molecule has 1 aromatic rings. The molecule has 1 amide bonds. The van der Waals surface area contributed by atoms with Crippen molar-refractivity contribution in [2.75, 3.05) is 13.2 Å². The molecule has 3 atom stereocenters. The molecule has 192 valence electrons. The molecule has 2 saturated carbocycles. The van der Waals surface area contributed by atoms with Gasteiger partial charge in [-0.15, -0.1) is 0 Å². The first-order valence-corrected chi connectivity index (χ1v) is 13.6. The second-order valence-corrected chi connectivity index (χ2v) is 11.2. The van der Waals surface area contributed by atoms with Gasteiger partial charge in [0.2, 0.25) is 5.91 Å². The first-order chi connectivity index (χ1) is 16.9. The molecule has 3 fully saturated rings. The summed E-state index contributed by atoms with van der Waals surface area (Å²) in [5, 5.41) is 9.16. The SMILES string of the molecule is C[C@H](CF)C1CCC(C(=O)N2CC[C@@H](C3CCCCC3)[C@H]2C(=O)Cc2ccc(C(=O)O)cc2)CC1. The fraction of sp³-hybridized carbons (Fsp3) is 0.690. The highest BCUT2D eigenvalue weighted by atomic mass is 19.1. The number of amides is 1. The average Bonchev–Trinajstić information content (AvgIpc) is 3.34. The Hall–Kier alpha value is -2.24. The van der Waals surface area contributed by atoms with Crippen LogP contribution in [0, 0.1) is 29.6 Å². The number of benzene rings is 1. The van der Waals surface area contributed by atoms with E-state index in [0.717, 1.165) is 50.5 Å². The largest absolute Gasteiger partial charge is 0.478 e. The van der Waals surface area contributed by atoms with Crippen LogP contribution in [0.1, 0.15) is 87.1 Å². The number of nitrogens with zero attached hydrogens (tertiary/aromatic N) is 1. The third kappa shape index (κ3) is 5.95. The first-order valence-electron chi connectivity index (χ1n) is 13.6. The predicted octanol–water partition coefficient (Wildman–Crippen LogP) is 5.71. The molecule has 5 nitrogen and oxygen atoms in total. The fourth-order valence-corrected chi connectivity index (χ4v) is 6.90. The highest BCUT2D eigenvalue weighted by Crippen LogP contribution is 2.42. The second kappa shape index (κ2) is 11.7. The predicted molar refractivity (Wildman–Crippen MR) is 133 cm³/mol. The topological polar surface area (TPSA) is 74.7 Å². The minimum atomic E-state index is -0.983. The van der Waals surface area contributed by atoms with Gasteiger partial charge in [0, 0.05) is 18.9 Å². The van der Waals surface area contributed by atoms with Gasteiger partial charge >= 0.3 is 5.97 Å². The summed E-state index contributed by atoms with van der Waals surface area (Å²) in [7, 11) is 0. The summed E-state index contributed by atoms with van der Waals surface area (Å²) in [6.45, 7) is 2.30. The molecule has 1 heterocycles. The van der Waals surface area contributed by atoms with Crippen LogP contribution < -0.4 is 0 Å². The molecule has 0 unspecified atom stereocenters. The smallest absolute Gasteiger partial charge is 0.335 e. The van der Waals surface area contributed by atoms with E-state index in [1.807, 2.05) is 11.8 Å². The number of carboxylic acids is 1. The van der Waals surface area contributed by atoms with E-state index in [-0.39, 0.29) is 54.1 Å². The molecule has 3 aliphatic rings. The zero-order valence-electron chi connectivity index (χ0n) is 21.0. The Morgan fingerprint density at radius 1 is 0.971 bits per heavy atom. The van der Waals surface area contributed by atoms with Crippen LogP contribution in [0.15, 0.2) is 24.3 Å². The Morgan fingerprint density at radius 2 is 1.63 bits per heavy atom. The van der Waals surface area contributed by atoms with Gasteiger partial charge in [-0.25, -0.2) is 4.79 Å². The van der Waals surface area contributed by atoms with Gasteiger partial charge in [0.15, 0.2) is 5.78 Å². The molecule has 1 saturated heterocycles. The zero-order chi connectivity index (χ0) is 24.9. The number of carboxylic acid groups (broad SMARTS) is 1. The molecule has 1 aliphatic heterocycles. The van der Waals surface area contributed by atoms with E-state index in [4.69, 9.17) is 5.11 Å². The molecule has 1 aromatic carbocycles. The number of hydrogen-bond acceptors (Lipinski definition) is 3. The number of Topliss-reactive ketones (excluding diaryl/α,β-unsaturated/α-hetero) is 1. The highest BCUT2D eigenvalue weighted by Gasteiger charge is 2.46. The van der Waals surface area contributed by atoms with Crippen molar-refractivity contribution in [3.63, 3.8) is 0 Å². The van der Waals surface area contributed by atoms with Gasteiger partial charge in [-0.3, -0.25) is 14.0 Å². The lowest BCUT2D eigenvalue weighted by atomic mass is 9.74. The lowest BCUT2D eigenvalue weighted by Crippen LogP contribution is -2.48. The monoisotopic (exact) mass is 485 g/mol. The van der Waals surface area contributed by atoms with Crippen molar-refractivity contribution in [3.05, 3.63) is 35.4 Å². The molecule has 35 heavy (non-hydrogen) atoms. The van der Waals surface area contributed by atoms with Gasteiger partial charge in [0.1, 0.15) is 0 Å². The van der Waals surface area contributed by atoms with Crippen molar-refractivity contribution in [1.29, 1.82) is 0 Å². The van der Waals surface area contributed by atoms with Gasteiger partial charge in [-0.05, 0) is 73.5 Å². The third-order valence-electron chi connectivity index (χ3n) is 9.06. The van der Waals surface area contributed by atoms with Crippen molar-refractivity contribution >= 4 is 17.7 Å². The van der Waals surface area contributed by atoms with E-state index in [9.17, 15) is 18.8 Å².